The summed E-state index contributed by atoms with van der Waals surface area (Å²) in [5, 5.41) is 3.20. The Hall–Kier alpha value is -0.650. The van der Waals surface area contributed by atoms with Crippen molar-refractivity contribution >= 4 is 5.97 Å². The van der Waals surface area contributed by atoms with Gasteiger partial charge >= 0.3 is 5.97 Å². The minimum Gasteiger partial charge on any atom is -0.466 e. The predicted octanol–water partition coefficient (Wildman–Crippen LogP) is 0.972. The molecule has 5 heteroatoms. The maximum absolute atomic E-state index is 11.0. The van der Waals surface area contributed by atoms with Gasteiger partial charge in [0.25, 0.3) is 0 Å². The fourth-order valence-corrected chi connectivity index (χ4v) is 1.25. The molecule has 0 rings (SSSR count). The Morgan fingerprint density at radius 3 is 2.65 bits per heavy atom. The number of ether oxygens (including phenoxy) is 3. The summed E-state index contributed by atoms with van der Waals surface area (Å²) in [5.41, 5.74) is 0. The van der Waals surface area contributed by atoms with E-state index in [2.05, 4.69) is 5.32 Å². The van der Waals surface area contributed by atoms with Crippen molar-refractivity contribution in [1.29, 1.82) is 0 Å². The van der Waals surface area contributed by atoms with Crippen molar-refractivity contribution in [2.24, 2.45) is 0 Å². The normalized spacial score (nSPS) is 10.5. The van der Waals surface area contributed by atoms with Crippen LogP contribution in [0.4, 0.5) is 0 Å². The van der Waals surface area contributed by atoms with Crippen molar-refractivity contribution in [2.45, 2.75) is 26.2 Å². The van der Waals surface area contributed by atoms with Crippen LogP contribution in [-0.4, -0.2) is 52.6 Å². The van der Waals surface area contributed by atoms with E-state index in [1.165, 1.54) is 0 Å². The summed E-state index contributed by atoms with van der Waals surface area (Å²) in [4.78, 5) is 11.0. The van der Waals surface area contributed by atoms with Crippen molar-refractivity contribution in [1.82, 2.24) is 5.32 Å². The Kier molecular flexibility index (Phi) is 12.9. The van der Waals surface area contributed by atoms with E-state index in [1.807, 2.05) is 6.92 Å². The van der Waals surface area contributed by atoms with Crippen molar-refractivity contribution in [3.05, 3.63) is 0 Å². The number of hydrogen-bond donors (Lipinski definition) is 1. The lowest BCUT2D eigenvalue weighted by Crippen LogP contribution is -2.20. The van der Waals surface area contributed by atoms with Gasteiger partial charge < -0.3 is 19.5 Å². The lowest BCUT2D eigenvalue weighted by Gasteiger charge is -2.05. The standard InChI is InChI=1S/C12H25NO4/c1-3-17-12(14)6-8-13-7-4-5-9-16-11-10-15-2/h13H,3-11H2,1-2H3. The lowest BCUT2D eigenvalue weighted by molar-refractivity contribution is -0.142. The first kappa shape index (κ1) is 16.4. The van der Waals surface area contributed by atoms with Gasteiger partial charge in [0.15, 0.2) is 0 Å². The van der Waals surface area contributed by atoms with Gasteiger partial charge in [-0.3, -0.25) is 4.79 Å². The molecule has 102 valence electrons. The molecule has 0 fully saturated rings. The molecule has 1 N–H and O–H groups in total. The summed E-state index contributed by atoms with van der Waals surface area (Å²) >= 11 is 0. The SMILES string of the molecule is CCOC(=O)CCNCCCCOCCOC. The van der Waals surface area contributed by atoms with Crippen molar-refractivity contribution in [3.8, 4) is 0 Å². The van der Waals surface area contributed by atoms with E-state index >= 15 is 0 Å². The summed E-state index contributed by atoms with van der Waals surface area (Å²) < 4.78 is 15.0. The number of nitrogens with one attached hydrogen (secondary N) is 1. The third-order valence-corrected chi connectivity index (χ3v) is 2.14. The molecule has 0 aromatic heterocycles. The zero-order chi connectivity index (χ0) is 12.8. The Labute approximate surface area is 104 Å². The number of hydrogen-bond acceptors (Lipinski definition) is 5. The minimum atomic E-state index is -0.136. The molecular formula is C12H25NO4. The number of unbranched alkanes of at least 4 members (excludes halogenated alkanes) is 1. The van der Waals surface area contributed by atoms with Crippen LogP contribution < -0.4 is 5.32 Å². The van der Waals surface area contributed by atoms with Crippen molar-refractivity contribution in [2.75, 3.05) is 46.6 Å². The van der Waals surface area contributed by atoms with Crippen LogP contribution in [-0.2, 0) is 19.0 Å². The first-order valence-corrected chi connectivity index (χ1v) is 6.24. The van der Waals surface area contributed by atoms with Gasteiger partial charge in [0, 0.05) is 20.3 Å². The zero-order valence-corrected chi connectivity index (χ0v) is 11.0. The van der Waals surface area contributed by atoms with Crippen LogP contribution in [0.25, 0.3) is 0 Å². The Morgan fingerprint density at radius 2 is 1.94 bits per heavy atom. The van der Waals surface area contributed by atoms with E-state index in [0.29, 0.717) is 32.8 Å². The lowest BCUT2D eigenvalue weighted by atomic mass is 10.3. The second kappa shape index (κ2) is 13.4. The first-order chi connectivity index (χ1) is 8.31. The van der Waals surface area contributed by atoms with Crippen LogP contribution >= 0.6 is 0 Å². The average Bonchev–Trinajstić information content (AvgIpc) is 2.32. The highest BCUT2D eigenvalue weighted by Crippen LogP contribution is 1.90. The maximum atomic E-state index is 11.0. The summed E-state index contributed by atoms with van der Waals surface area (Å²) in [6, 6.07) is 0. The molecule has 17 heavy (non-hydrogen) atoms. The van der Waals surface area contributed by atoms with E-state index in [4.69, 9.17) is 14.2 Å². The van der Waals surface area contributed by atoms with Crippen LogP contribution in [0.15, 0.2) is 0 Å². The number of methoxy groups -OCH3 is 1. The first-order valence-electron chi connectivity index (χ1n) is 6.24. The van der Waals surface area contributed by atoms with Gasteiger partial charge in [0.1, 0.15) is 0 Å². The molecule has 0 atom stereocenters. The minimum absolute atomic E-state index is 0.136. The molecule has 0 saturated carbocycles. The van der Waals surface area contributed by atoms with Crippen molar-refractivity contribution < 1.29 is 19.0 Å². The van der Waals surface area contributed by atoms with Crippen LogP contribution in [0.3, 0.4) is 0 Å². The molecule has 5 nitrogen and oxygen atoms in total. The molecule has 0 aromatic carbocycles. The van der Waals surface area contributed by atoms with Gasteiger partial charge in [-0.05, 0) is 26.3 Å². The number of rotatable bonds is 12. The number of carbonyl (C=O) groups excluding carboxylic acids is 1. The van der Waals surface area contributed by atoms with Crippen LogP contribution in [0.1, 0.15) is 26.2 Å². The highest BCUT2D eigenvalue weighted by atomic mass is 16.5. The van der Waals surface area contributed by atoms with Crippen LogP contribution in [0, 0.1) is 0 Å². The van der Waals surface area contributed by atoms with Gasteiger partial charge in [0.05, 0.1) is 26.2 Å². The Morgan fingerprint density at radius 1 is 1.12 bits per heavy atom. The highest BCUT2D eigenvalue weighted by Gasteiger charge is 1.99. The smallest absolute Gasteiger partial charge is 0.307 e. The Balaban J connectivity index is 3.01. The van der Waals surface area contributed by atoms with Gasteiger partial charge in [-0.1, -0.05) is 0 Å². The molecule has 0 spiro atoms. The molecule has 0 aliphatic rings. The molecule has 0 aromatic rings. The van der Waals surface area contributed by atoms with E-state index < -0.39 is 0 Å². The summed E-state index contributed by atoms with van der Waals surface area (Å²) in [6.45, 7) is 5.94. The van der Waals surface area contributed by atoms with Crippen molar-refractivity contribution in [3.63, 3.8) is 0 Å². The maximum Gasteiger partial charge on any atom is 0.307 e. The molecule has 0 heterocycles. The van der Waals surface area contributed by atoms with Gasteiger partial charge in [-0.2, -0.15) is 0 Å². The van der Waals surface area contributed by atoms with Crippen LogP contribution in [0.2, 0.25) is 0 Å². The zero-order valence-electron chi connectivity index (χ0n) is 11.0. The molecule has 0 radical (unpaired) electrons. The fourth-order valence-electron chi connectivity index (χ4n) is 1.25. The Bertz CT molecular complexity index is 176. The third-order valence-electron chi connectivity index (χ3n) is 2.14. The molecule has 0 aliphatic carbocycles. The van der Waals surface area contributed by atoms with Gasteiger partial charge in [-0.15, -0.1) is 0 Å². The second-order valence-electron chi connectivity index (χ2n) is 3.62. The molecule has 0 aliphatic heterocycles. The summed E-state index contributed by atoms with van der Waals surface area (Å²) in [7, 11) is 1.66. The van der Waals surface area contributed by atoms with E-state index in [9.17, 15) is 4.79 Å². The van der Waals surface area contributed by atoms with E-state index in [1.54, 1.807) is 7.11 Å². The molecular weight excluding hydrogens is 222 g/mol. The third kappa shape index (κ3) is 13.3. The van der Waals surface area contributed by atoms with Gasteiger partial charge in [-0.25, -0.2) is 0 Å². The largest absolute Gasteiger partial charge is 0.466 e. The van der Waals surface area contributed by atoms with E-state index in [-0.39, 0.29) is 5.97 Å². The highest BCUT2D eigenvalue weighted by molar-refractivity contribution is 5.69. The average molecular weight is 247 g/mol. The molecule has 0 unspecified atom stereocenters. The predicted molar refractivity (Wildman–Crippen MR) is 66.0 cm³/mol. The molecule has 0 saturated heterocycles. The number of esters is 1. The topological polar surface area (TPSA) is 56.8 Å². The second-order valence-corrected chi connectivity index (χ2v) is 3.62. The fraction of sp³-hybridized carbons (Fsp3) is 0.917. The number of carbonyl (C=O) groups is 1. The van der Waals surface area contributed by atoms with Gasteiger partial charge in [0.2, 0.25) is 0 Å². The monoisotopic (exact) mass is 247 g/mol. The molecule has 0 amide bonds. The van der Waals surface area contributed by atoms with E-state index in [0.717, 1.165) is 26.0 Å². The molecule has 0 bridgehead atoms. The summed E-state index contributed by atoms with van der Waals surface area (Å²) in [5.74, 6) is -0.136. The quantitative estimate of drug-likeness (QED) is 0.411. The summed E-state index contributed by atoms with van der Waals surface area (Å²) in [6.07, 6.45) is 2.52. The van der Waals surface area contributed by atoms with Crippen LogP contribution in [0.5, 0.6) is 0 Å².